The number of hydrogen-bond acceptors (Lipinski definition) is 5. The van der Waals surface area contributed by atoms with Crippen LogP contribution in [0.4, 0.5) is 10.5 Å². The maximum absolute atomic E-state index is 11.9. The number of amides is 2. The number of anilines is 1. The van der Waals surface area contributed by atoms with Crippen molar-refractivity contribution in [2.45, 2.75) is 6.92 Å². The van der Waals surface area contributed by atoms with Crippen molar-refractivity contribution in [2.24, 2.45) is 0 Å². The Kier molecular flexibility index (Phi) is 7.13. The standard InChI is InChI=1S/C19H21N3O4/c1-14-9-10-15(13-21-14)26-12-5-4-11-20-19(23)22-16-7-6-8-17(24-2)18(16)25-3/h6-10,13H,11-12H2,1-3H3,(H2,20,22,23). The van der Waals surface area contributed by atoms with E-state index in [1.807, 2.05) is 19.1 Å². The summed E-state index contributed by atoms with van der Waals surface area (Å²) in [4.78, 5) is 16.1. The van der Waals surface area contributed by atoms with Gasteiger partial charge >= 0.3 is 6.03 Å². The molecule has 0 spiro atoms. The first-order valence-electron chi connectivity index (χ1n) is 7.91. The fourth-order valence-electron chi connectivity index (χ4n) is 2.05. The Hall–Kier alpha value is -3.40. The molecule has 0 aliphatic heterocycles. The SMILES string of the molecule is COc1cccc(NC(=O)NCC#CCOc2ccc(C)nc2)c1OC. The Morgan fingerprint density at radius 2 is 2.00 bits per heavy atom. The highest BCUT2D eigenvalue weighted by molar-refractivity contribution is 5.91. The first kappa shape index (κ1) is 18.9. The summed E-state index contributed by atoms with van der Waals surface area (Å²) in [6.45, 7) is 2.31. The Morgan fingerprint density at radius 3 is 2.69 bits per heavy atom. The van der Waals surface area contributed by atoms with Gasteiger partial charge in [-0.3, -0.25) is 4.98 Å². The molecule has 1 aromatic carbocycles. The molecule has 0 aliphatic rings. The molecular formula is C19H21N3O4. The lowest BCUT2D eigenvalue weighted by Crippen LogP contribution is -2.29. The number of nitrogens with one attached hydrogen (secondary N) is 2. The summed E-state index contributed by atoms with van der Waals surface area (Å²) in [5.74, 6) is 7.28. The van der Waals surface area contributed by atoms with Gasteiger partial charge in [-0.2, -0.15) is 0 Å². The van der Waals surface area contributed by atoms with Crippen LogP contribution in [-0.2, 0) is 0 Å². The summed E-state index contributed by atoms with van der Waals surface area (Å²) in [5.41, 5.74) is 1.43. The highest BCUT2D eigenvalue weighted by atomic mass is 16.5. The van der Waals surface area contributed by atoms with Crippen molar-refractivity contribution in [3.05, 3.63) is 42.2 Å². The third-order valence-corrected chi connectivity index (χ3v) is 3.31. The molecule has 0 atom stereocenters. The maximum Gasteiger partial charge on any atom is 0.320 e. The average Bonchev–Trinajstić information content (AvgIpc) is 2.65. The van der Waals surface area contributed by atoms with Gasteiger partial charge in [0.25, 0.3) is 0 Å². The number of hydrogen-bond donors (Lipinski definition) is 2. The minimum atomic E-state index is -0.394. The van der Waals surface area contributed by atoms with E-state index in [-0.39, 0.29) is 13.2 Å². The number of carbonyl (C=O) groups is 1. The lowest BCUT2D eigenvalue weighted by molar-refractivity contribution is 0.253. The maximum atomic E-state index is 11.9. The number of methoxy groups -OCH3 is 2. The number of ether oxygens (including phenoxy) is 3. The molecule has 7 heteroatoms. The molecule has 1 aromatic heterocycles. The highest BCUT2D eigenvalue weighted by Crippen LogP contribution is 2.34. The van der Waals surface area contributed by atoms with Crippen LogP contribution in [0.2, 0.25) is 0 Å². The zero-order chi connectivity index (χ0) is 18.8. The van der Waals surface area contributed by atoms with Gasteiger partial charge in [0.2, 0.25) is 0 Å². The van der Waals surface area contributed by atoms with Gasteiger partial charge in [-0.1, -0.05) is 17.9 Å². The molecule has 136 valence electrons. The highest BCUT2D eigenvalue weighted by Gasteiger charge is 2.11. The Morgan fingerprint density at radius 1 is 1.15 bits per heavy atom. The number of benzene rings is 1. The van der Waals surface area contributed by atoms with E-state index in [0.717, 1.165) is 5.69 Å². The molecule has 26 heavy (non-hydrogen) atoms. The van der Waals surface area contributed by atoms with Crippen LogP contribution in [0.15, 0.2) is 36.5 Å². The predicted octanol–water partition coefficient (Wildman–Crippen LogP) is 2.61. The van der Waals surface area contributed by atoms with E-state index < -0.39 is 6.03 Å². The number of nitrogens with zero attached hydrogens (tertiary/aromatic N) is 1. The van der Waals surface area contributed by atoms with E-state index in [9.17, 15) is 4.79 Å². The van der Waals surface area contributed by atoms with Gasteiger partial charge in [0.1, 0.15) is 12.4 Å². The molecule has 7 nitrogen and oxygen atoms in total. The van der Waals surface area contributed by atoms with E-state index in [0.29, 0.717) is 22.9 Å². The summed E-state index contributed by atoms with van der Waals surface area (Å²) in [5, 5.41) is 5.33. The number of carbonyl (C=O) groups excluding carboxylic acids is 1. The molecule has 0 aliphatic carbocycles. The molecule has 0 saturated heterocycles. The van der Waals surface area contributed by atoms with Crippen LogP contribution >= 0.6 is 0 Å². The fourth-order valence-corrected chi connectivity index (χ4v) is 2.05. The number of para-hydroxylation sites is 1. The van der Waals surface area contributed by atoms with Gasteiger partial charge in [-0.15, -0.1) is 0 Å². The average molecular weight is 355 g/mol. The van der Waals surface area contributed by atoms with Crippen molar-refractivity contribution in [1.29, 1.82) is 0 Å². The van der Waals surface area contributed by atoms with Crippen molar-refractivity contribution >= 4 is 11.7 Å². The summed E-state index contributed by atoms with van der Waals surface area (Å²) < 4.78 is 15.9. The second-order valence-corrected chi connectivity index (χ2v) is 5.13. The zero-order valence-electron chi connectivity index (χ0n) is 15.0. The van der Waals surface area contributed by atoms with Gasteiger partial charge in [0.15, 0.2) is 11.5 Å². The van der Waals surface area contributed by atoms with Crippen molar-refractivity contribution in [3.8, 4) is 29.1 Å². The first-order valence-corrected chi connectivity index (χ1v) is 7.91. The third kappa shape index (κ3) is 5.60. The smallest absolute Gasteiger partial charge is 0.320 e. The predicted molar refractivity (Wildman–Crippen MR) is 98.8 cm³/mol. The van der Waals surface area contributed by atoms with Crippen LogP contribution in [-0.4, -0.2) is 38.4 Å². The van der Waals surface area contributed by atoms with Crippen LogP contribution in [0, 0.1) is 18.8 Å². The fraction of sp³-hybridized carbons (Fsp3) is 0.263. The number of aromatic nitrogens is 1. The van der Waals surface area contributed by atoms with Crippen LogP contribution in [0.1, 0.15) is 5.69 Å². The van der Waals surface area contributed by atoms with Crippen LogP contribution < -0.4 is 24.8 Å². The van der Waals surface area contributed by atoms with Crippen molar-refractivity contribution < 1.29 is 19.0 Å². The molecule has 0 bridgehead atoms. The van der Waals surface area contributed by atoms with Crippen molar-refractivity contribution in [3.63, 3.8) is 0 Å². The molecule has 1 heterocycles. The van der Waals surface area contributed by atoms with Crippen LogP contribution in [0.3, 0.4) is 0 Å². The minimum Gasteiger partial charge on any atom is -0.493 e. The van der Waals surface area contributed by atoms with E-state index in [4.69, 9.17) is 14.2 Å². The summed E-state index contributed by atoms with van der Waals surface area (Å²) in [7, 11) is 3.04. The van der Waals surface area contributed by atoms with Gasteiger partial charge in [-0.05, 0) is 31.2 Å². The number of urea groups is 1. The Labute approximate surface area is 152 Å². The molecule has 2 aromatic rings. The van der Waals surface area contributed by atoms with E-state index in [1.54, 1.807) is 24.4 Å². The normalized spacial score (nSPS) is 9.50. The van der Waals surface area contributed by atoms with Gasteiger partial charge in [0, 0.05) is 5.69 Å². The van der Waals surface area contributed by atoms with Crippen molar-refractivity contribution in [2.75, 3.05) is 32.7 Å². The number of pyridine rings is 1. The van der Waals surface area contributed by atoms with Crippen molar-refractivity contribution in [1.82, 2.24) is 10.3 Å². The molecule has 0 saturated carbocycles. The lowest BCUT2D eigenvalue weighted by Gasteiger charge is -2.13. The van der Waals surface area contributed by atoms with Crippen LogP contribution in [0.5, 0.6) is 17.2 Å². The van der Waals surface area contributed by atoms with Crippen LogP contribution in [0.25, 0.3) is 0 Å². The number of rotatable bonds is 6. The summed E-state index contributed by atoms with van der Waals surface area (Å²) >= 11 is 0. The quantitative estimate of drug-likeness (QED) is 0.779. The Balaban J connectivity index is 1.77. The largest absolute Gasteiger partial charge is 0.493 e. The molecule has 2 N–H and O–H groups in total. The third-order valence-electron chi connectivity index (χ3n) is 3.31. The molecule has 2 amide bonds. The molecule has 0 radical (unpaired) electrons. The summed E-state index contributed by atoms with van der Waals surface area (Å²) in [6, 6.07) is 8.52. The number of aryl methyl sites for hydroxylation is 1. The van der Waals surface area contributed by atoms with Gasteiger partial charge < -0.3 is 24.8 Å². The van der Waals surface area contributed by atoms with Gasteiger partial charge in [0.05, 0.1) is 32.6 Å². The molecule has 0 unspecified atom stereocenters. The monoisotopic (exact) mass is 355 g/mol. The molecule has 0 fully saturated rings. The van der Waals surface area contributed by atoms with Gasteiger partial charge in [-0.25, -0.2) is 4.79 Å². The van der Waals surface area contributed by atoms with E-state index in [2.05, 4.69) is 27.5 Å². The Bertz CT molecular complexity index is 795. The molecular weight excluding hydrogens is 334 g/mol. The second-order valence-electron chi connectivity index (χ2n) is 5.13. The lowest BCUT2D eigenvalue weighted by atomic mass is 10.2. The van der Waals surface area contributed by atoms with E-state index in [1.165, 1.54) is 14.2 Å². The second kappa shape index (κ2) is 9.79. The van der Waals surface area contributed by atoms with E-state index >= 15 is 0 Å². The topological polar surface area (TPSA) is 81.7 Å². The molecule has 2 rings (SSSR count). The first-order chi connectivity index (χ1) is 12.6. The summed E-state index contributed by atoms with van der Waals surface area (Å²) in [6.07, 6.45) is 1.64. The zero-order valence-corrected chi connectivity index (χ0v) is 15.0. The minimum absolute atomic E-state index is 0.188.